The molecule has 2 aromatic rings. The van der Waals surface area contributed by atoms with Crippen molar-refractivity contribution >= 4 is 39.1 Å². The van der Waals surface area contributed by atoms with Gasteiger partial charge in [-0.2, -0.15) is 0 Å². The van der Waals surface area contributed by atoms with Gasteiger partial charge in [-0.15, -0.1) is 11.6 Å². The third-order valence-corrected chi connectivity index (χ3v) is 3.15. The quantitative estimate of drug-likeness (QED) is 0.869. The number of rotatable bonds is 3. The largest absolute Gasteiger partial charge is 0.457 e. The number of carbonyl (C=O) groups is 1. The molecule has 0 aliphatic carbocycles. The molecule has 0 saturated heterocycles. The minimum Gasteiger partial charge on any atom is -0.457 e. The summed E-state index contributed by atoms with van der Waals surface area (Å²) in [6.45, 7) is 0. The molecule has 0 bridgehead atoms. The molecule has 5 heteroatoms. The molecule has 0 fully saturated rings. The number of halogens is 2. The van der Waals surface area contributed by atoms with E-state index in [0.717, 1.165) is 11.3 Å². The second-order valence-corrected chi connectivity index (χ2v) is 4.38. The summed E-state index contributed by atoms with van der Waals surface area (Å²) in [5, 5.41) is 2.76. The highest BCUT2D eigenvalue weighted by Crippen LogP contribution is 2.19. The fourth-order valence-electron chi connectivity index (χ4n) is 1.33. The van der Waals surface area contributed by atoms with Crippen LogP contribution in [0.1, 0.15) is 15.9 Å². The normalized spacial score (nSPS) is 10.2. The first-order valence-corrected chi connectivity index (χ1v) is 6.22. The molecular formula is C12H9BrClNO2. The number of benzene rings is 1. The van der Waals surface area contributed by atoms with Gasteiger partial charge < -0.3 is 9.73 Å². The number of alkyl halides is 1. The number of carbonyl (C=O) groups excluding carboxylic acids is 1. The summed E-state index contributed by atoms with van der Waals surface area (Å²) in [5.41, 5.74) is 2.19. The van der Waals surface area contributed by atoms with E-state index in [9.17, 15) is 4.79 Å². The fraction of sp³-hybridized carbons (Fsp3) is 0.0833. The lowest BCUT2D eigenvalue weighted by Crippen LogP contribution is -2.11. The molecule has 1 aromatic heterocycles. The van der Waals surface area contributed by atoms with E-state index in [1.54, 1.807) is 6.07 Å². The SMILES string of the molecule is O=C(Nc1ccc(CCl)cc1)c1ccoc1Br. The van der Waals surface area contributed by atoms with Gasteiger partial charge >= 0.3 is 0 Å². The van der Waals surface area contributed by atoms with Crippen LogP contribution in [0.4, 0.5) is 5.69 Å². The van der Waals surface area contributed by atoms with Crippen molar-refractivity contribution in [2.75, 3.05) is 5.32 Å². The lowest BCUT2D eigenvalue weighted by Gasteiger charge is -2.04. The van der Waals surface area contributed by atoms with Crippen LogP contribution in [0.15, 0.2) is 45.7 Å². The predicted octanol–water partition coefficient (Wildman–Crippen LogP) is 4.03. The van der Waals surface area contributed by atoms with E-state index in [1.165, 1.54) is 6.26 Å². The highest BCUT2D eigenvalue weighted by Gasteiger charge is 2.12. The number of hydrogen-bond donors (Lipinski definition) is 1. The predicted molar refractivity (Wildman–Crippen MR) is 70.4 cm³/mol. The summed E-state index contributed by atoms with van der Waals surface area (Å²) in [7, 11) is 0. The zero-order valence-electron chi connectivity index (χ0n) is 8.74. The molecule has 0 aliphatic rings. The van der Waals surface area contributed by atoms with Crippen LogP contribution >= 0.6 is 27.5 Å². The van der Waals surface area contributed by atoms with Gasteiger partial charge in [-0.25, -0.2) is 0 Å². The Hall–Kier alpha value is -1.26. The Morgan fingerprint density at radius 2 is 2.00 bits per heavy atom. The maximum absolute atomic E-state index is 11.8. The molecule has 0 spiro atoms. The van der Waals surface area contributed by atoms with Crippen molar-refractivity contribution in [3.63, 3.8) is 0 Å². The molecule has 0 radical (unpaired) electrons. The molecule has 0 aliphatic heterocycles. The van der Waals surface area contributed by atoms with E-state index in [-0.39, 0.29) is 5.91 Å². The monoisotopic (exact) mass is 313 g/mol. The summed E-state index contributed by atoms with van der Waals surface area (Å²) in [6.07, 6.45) is 1.45. The molecule has 17 heavy (non-hydrogen) atoms. The van der Waals surface area contributed by atoms with Crippen molar-refractivity contribution < 1.29 is 9.21 Å². The van der Waals surface area contributed by atoms with E-state index < -0.39 is 0 Å². The summed E-state index contributed by atoms with van der Waals surface area (Å²) >= 11 is 8.84. The zero-order valence-corrected chi connectivity index (χ0v) is 11.1. The van der Waals surface area contributed by atoms with Gasteiger partial charge in [0.15, 0.2) is 4.67 Å². The molecular weight excluding hydrogens is 305 g/mol. The molecule has 1 aromatic carbocycles. The maximum atomic E-state index is 11.8. The number of amides is 1. The van der Waals surface area contributed by atoms with Crippen molar-refractivity contribution in [3.8, 4) is 0 Å². The average Bonchev–Trinajstić information content (AvgIpc) is 2.76. The Morgan fingerprint density at radius 1 is 1.29 bits per heavy atom. The highest BCUT2D eigenvalue weighted by molar-refractivity contribution is 9.10. The van der Waals surface area contributed by atoms with Crippen LogP contribution in [0.25, 0.3) is 0 Å². The molecule has 0 saturated carbocycles. The first-order valence-electron chi connectivity index (χ1n) is 4.90. The summed E-state index contributed by atoms with van der Waals surface area (Å²) in [4.78, 5) is 11.8. The van der Waals surface area contributed by atoms with Crippen LogP contribution in [0, 0.1) is 0 Å². The molecule has 0 unspecified atom stereocenters. The molecule has 88 valence electrons. The van der Waals surface area contributed by atoms with E-state index in [0.29, 0.717) is 16.1 Å². The minimum atomic E-state index is -0.218. The van der Waals surface area contributed by atoms with E-state index >= 15 is 0 Å². The van der Waals surface area contributed by atoms with Gasteiger partial charge in [0.05, 0.1) is 11.8 Å². The minimum absolute atomic E-state index is 0.218. The molecule has 1 N–H and O–H groups in total. The van der Waals surface area contributed by atoms with Crippen LogP contribution in [0.2, 0.25) is 0 Å². The Kier molecular flexibility index (Phi) is 3.86. The van der Waals surface area contributed by atoms with Gasteiger partial charge in [0, 0.05) is 11.6 Å². The molecule has 1 amide bonds. The van der Waals surface area contributed by atoms with Crippen LogP contribution in [0.3, 0.4) is 0 Å². The van der Waals surface area contributed by atoms with E-state index in [4.69, 9.17) is 16.0 Å². The second kappa shape index (κ2) is 5.38. The zero-order chi connectivity index (χ0) is 12.3. The number of anilines is 1. The maximum Gasteiger partial charge on any atom is 0.260 e. The highest BCUT2D eigenvalue weighted by atomic mass is 79.9. The third-order valence-electron chi connectivity index (χ3n) is 2.23. The van der Waals surface area contributed by atoms with Gasteiger partial charge in [0.2, 0.25) is 0 Å². The Balaban J connectivity index is 2.10. The Bertz CT molecular complexity index is 522. The Labute approximate surface area is 112 Å². The van der Waals surface area contributed by atoms with Crippen LogP contribution in [-0.4, -0.2) is 5.91 Å². The van der Waals surface area contributed by atoms with Crippen molar-refractivity contribution in [2.24, 2.45) is 0 Å². The summed E-state index contributed by atoms with van der Waals surface area (Å²) in [5.74, 6) is 0.242. The summed E-state index contributed by atoms with van der Waals surface area (Å²) < 4.78 is 5.42. The van der Waals surface area contributed by atoms with E-state index in [1.807, 2.05) is 24.3 Å². The van der Waals surface area contributed by atoms with Crippen molar-refractivity contribution in [1.82, 2.24) is 0 Å². The number of furan rings is 1. The van der Waals surface area contributed by atoms with Gasteiger partial charge in [0.1, 0.15) is 0 Å². The number of hydrogen-bond acceptors (Lipinski definition) is 2. The second-order valence-electron chi connectivity index (χ2n) is 3.39. The van der Waals surface area contributed by atoms with Crippen molar-refractivity contribution in [2.45, 2.75) is 5.88 Å². The average molecular weight is 315 g/mol. The first kappa shape index (κ1) is 12.2. The lowest BCUT2D eigenvalue weighted by molar-refractivity contribution is 0.102. The lowest BCUT2D eigenvalue weighted by atomic mass is 10.2. The fourth-order valence-corrected chi connectivity index (χ4v) is 1.93. The smallest absolute Gasteiger partial charge is 0.260 e. The van der Waals surface area contributed by atoms with Gasteiger partial charge in [-0.1, -0.05) is 12.1 Å². The third kappa shape index (κ3) is 2.90. The molecule has 2 rings (SSSR count). The van der Waals surface area contributed by atoms with Crippen LogP contribution < -0.4 is 5.32 Å². The first-order chi connectivity index (χ1) is 8.20. The topological polar surface area (TPSA) is 42.2 Å². The Morgan fingerprint density at radius 3 is 2.53 bits per heavy atom. The molecule has 1 heterocycles. The molecule has 3 nitrogen and oxygen atoms in total. The van der Waals surface area contributed by atoms with Gasteiger partial charge in [-0.3, -0.25) is 4.79 Å². The van der Waals surface area contributed by atoms with Crippen LogP contribution in [0.5, 0.6) is 0 Å². The van der Waals surface area contributed by atoms with E-state index in [2.05, 4.69) is 21.2 Å². The molecule has 0 atom stereocenters. The van der Waals surface area contributed by atoms with Crippen molar-refractivity contribution in [3.05, 3.63) is 52.4 Å². The number of nitrogens with one attached hydrogen (secondary N) is 1. The van der Waals surface area contributed by atoms with Gasteiger partial charge in [-0.05, 0) is 39.7 Å². The van der Waals surface area contributed by atoms with Crippen molar-refractivity contribution in [1.29, 1.82) is 0 Å². The summed E-state index contributed by atoms with van der Waals surface area (Å²) in [6, 6.07) is 8.96. The standard InChI is InChI=1S/C12H9BrClNO2/c13-11-10(5-6-17-11)12(16)15-9-3-1-8(7-14)2-4-9/h1-6H,7H2,(H,15,16). The van der Waals surface area contributed by atoms with Crippen LogP contribution in [-0.2, 0) is 5.88 Å². The van der Waals surface area contributed by atoms with Gasteiger partial charge in [0.25, 0.3) is 5.91 Å².